The third kappa shape index (κ3) is 7.07. The van der Waals surface area contributed by atoms with Crippen molar-refractivity contribution < 1.29 is 9.53 Å². The number of nitrogens with two attached hydrogens (primary N) is 2. The van der Waals surface area contributed by atoms with Gasteiger partial charge >= 0.3 is 5.97 Å². The van der Waals surface area contributed by atoms with Gasteiger partial charge in [0.15, 0.2) is 0 Å². The van der Waals surface area contributed by atoms with E-state index in [0.717, 1.165) is 43.9 Å². The molecule has 1 atom stereocenters. The molecule has 0 radical (unpaired) electrons. The topological polar surface area (TPSA) is 107 Å². The van der Waals surface area contributed by atoms with Gasteiger partial charge in [-0.3, -0.25) is 9.88 Å². The van der Waals surface area contributed by atoms with E-state index in [4.69, 9.17) is 16.2 Å². The summed E-state index contributed by atoms with van der Waals surface area (Å²) in [7, 11) is 0. The highest BCUT2D eigenvalue weighted by Crippen LogP contribution is 2.30. The molecule has 172 valence electrons. The number of esters is 1. The number of hydrogen-bond acceptors (Lipinski definition) is 7. The molecule has 0 spiro atoms. The summed E-state index contributed by atoms with van der Waals surface area (Å²) in [5.41, 5.74) is 15.1. The van der Waals surface area contributed by atoms with Crippen LogP contribution in [0.25, 0.3) is 0 Å². The van der Waals surface area contributed by atoms with Crippen molar-refractivity contribution in [2.75, 3.05) is 19.6 Å². The molecule has 32 heavy (non-hydrogen) atoms. The van der Waals surface area contributed by atoms with E-state index in [1.165, 1.54) is 5.56 Å². The summed E-state index contributed by atoms with van der Waals surface area (Å²) >= 11 is 0. The molecule has 1 fully saturated rings. The largest absolute Gasteiger partial charge is 0.425 e. The fourth-order valence-electron chi connectivity index (χ4n) is 3.81. The number of likely N-dealkylation sites (tertiary alicyclic amines) is 1. The Balaban J connectivity index is 1.46. The van der Waals surface area contributed by atoms with E-state index >= 15 is 0 Å². The van der Waals surface area contributed by atoms with Gasteiger partial charge in [0.1, 0.15) is 11.8 Å². The predicted octanol–water partition coefficient (Wildman–Crippen LogP) is 2.74. The van der Waals surface area contributed by atoms with Crippen LogP contribution in [-0.4, -0.2) is 41.5 Å². The first-order chi connectivity index (χ1) is 15.4. The average Bonchev–Trinajstić information content (AvgIpc) is 2.80. The normalized spacial score (nSPS) is 16.7. The van der Waals surface area contributed by atoms with Gasteiger partial charge in [-0.2, -0.15) is 0 Å². The zero-order valence-corrected chi connectivity index (χ0v) is 19.0. The summed E-state index contributed by atoms with van der Waals surface area (Å²) in [6, 6.07) is 13.1. The number of ether oxygens (including phenoxy) is 1. The fraction of sp³-hybridized carbons (Fsp3) is 0.440. The zero-order chi connectivity index (χ0) is 22.9. The maximum Gasteiger partial charge on any atom is 0.328 e. The number of carbonyl (C=O) groups excluding carboxylic acids is 1. The molecule has 3 rings (SSSR count). The van der Waals surface area contributed by atoms with E-state index in [-0.39, 0.29) is 11.9 Å². The molecule has 2 aromatic rings. The molecule has 1 saturated heterocycles. The molecule has 2 heterocycles. The van der Waals surface area contributed by atoms with Gasteiger partial charge in [-0.15, -0.1) is 0 Å². The molecular formula is C25H35N5O2. The summed E-state index contributed by atoms with van der Waals surface area (Å²) in [5, 5.41) is 3.24. The Morgan fingerprint density at radius 2 is 2.03 bits per heavy atom. The van der Waals surface area contributed by atoms with Crippen LogP contribution in [0.15, 0.2) is 60.6 Å². The second-order valence-electron chi connectivity index (χ2n) is 8.74. The van der Waals surface area contributed by atoms with Crippen molar-refractivity contribution in [1.82, 2.24) is 15.2 Å². The molecule has 0 amide bonds. The van der Waals surface area contributed by atoms with Crippen LogP contribution in [0, 0.1) is 5.92 Å². The number of piperidine rings is 1. The van der Waals surface area contributed by atoms with Gasteiger partial charge in [-0.1, -0.05) is 32.0 Å². The van der Waals surface area contributed by atoms with Crippen molar-refractivity contribution in [3.8, 4) is 5.75 Å². The number of benzene rings is 1. The monoisotopic (exact) mass is 437 g/mol. The molecular weight excluding hydrogens is 402 g/mol. The Bertz CT molecular complexity index is 892. The van der Waals surface area contributed by atoms with E-state index in [1.54, 1.807) is 6.20 Å². The minimum absolute atomic E-state index is 0.0432. The van der Waals surface area contributed by atoms with E-state index in [9.17, 15) is 4.79 Å². The number of nitrogens with one attached hydrogen (secondary N) is 1. The van der Waals surface area contributed by atoms with Crippen molar-refractivity contribution in [1.29, 1.82) is 0 Å². The number of pyridine rings is 1. The van der Waals surface area contributed by atoms with Crippen molar-refractivity contribution in [3.63, 3.8) is 0 Å². The number of hydrogen-bond donors (Lipinski definition) is 3. The number of rotatable bonds is 9. The van der Waals surface area contributed by atoms with Gasteiger partial charge in [-0.05, 0) is 67.6 Å². The summed E-state index contributed by atoms with van der Waals surface area (Å²) < 4.78 is 5.50. The van der Waals surface area contributed by atoms with Gasteiger partial charge in [0.2, 0.25) is 0 Å². The van der Waals surface area contributed by atoms with E-state index in [0.29, 0.717) is 18.2 Å². The highest BCUT2D eigenvalue weighted by atomic mass is 16.5. The Labute approximate surface area is 190 Å². The SMILES string of the molecule is CC(C)C(N)C(=O)Oc1cccc(C2CCN(C/C(N)=C/NCc3ccccn3)CC2)c1. The second-order valence-corrected chi connectivity index (χ2v) is 8.74. The maximum atomic E-state index is 12.2. The van der Waals surface area contributed by atoms with Crippen molar-refractivity contribution in [3.05, 3.63) is 71.8 Å². The first-order valence-corrected chi connectivity index (χ1v) is 11.3. The van der Waals surface area contributed by atoms with Crippen LogP contribution in [0.3, 0.4) is 0 Å². The number of aromatic nitrogens is 1. The van der Waals surface area contributed by atoms with Crippen molar-refractivity contribution in [2.45, 2.75) is 45.2 Å². The standard InChI is InChI=1S/C25H35N5O2/c1-18(2)24(27)25(31)32-23-8-5-6-20(14-23)19-9-12-30(13-10-19)17-21(26)15-28-16-22-7-3-4-11-29-22/h3-8,11,14-15,18-19,24,28H,9-10,12-13,16-17,26-27H2,1-2H3/b21-15-. The number of carbonyl (C=O) groups is 1. The Hall–Kier alpha value is -2.90. The molecule has 0 bridgehead atoms. The van der Waals surface area contributed by atoms with Gasteiger partial charge in [-0.25, -0.2) is 4.79 Å². The van der Waals surface area contributed by atoms with Gasteiger partial charge in [0.25, 0.3) is 0 Å². The highest BCUT2D eigenvalue weighted by Gasteiger charge is 2.23. The Morgan fingerprint density at radius 1 is 1.25 bits per heavy atom. The molecule has 1 aromatic carbocycles. The first-order valence-electron chi connectivity index (χ1n) is 11.3. The lowest BCUT2D eigenvalue weighted by Crippen LogP contribution is -2.38. The molecule has 1 aliphatic rings. The third-order valence-electron chi connectivity index (χ3n) is 5.83. The van der Waals surface area contributed by atoms with E-state index < -0.39 is 6.04 Å². The van der Waals surface area contributed by atoms with E-state index in [2.05, 4.69) is 21.3 Å². The Morgan fingerprint density at radius 3 is 2.72 bits per heavy atom. The fourth-order valence-corrected chi connectivity index (χ4v) is 3.81. The average molecular weight is 438 g/mol. The van der Waals surface area contributed by atoms with Crippen LogP contribution < -0.4 is 21.5 Å². The quantitative estimate of drug-likeness (QED) is 0.409. The lowest BCUT2D eigenvalue weighted by molar-refractivity contribution is -0.136. The van der Waals surface area contributed by atoms with Crippen LogP contribution >= 0.6 is 0 Å². The molecule has 7 heteroatoms. The summed E-state index contributed by atoms with van der Waals surface area (Å²) in [6.07, 6.45) is 5.74. The van der Waals surface area contributed by atoms with Gasteiger partial charge in [0.05, 0.1) is 12.2 Å². The number of nitrogens with zero attached hydrogens (tertiary/aromatic N) is 2. The van der Waals surface area contributed by atoms with Gasteiger partial charge < -0.3 is 21.5 Å². The Kier molecular flexibility index (Phi) is 8.64. The molecule has 0 saturated carbocycles. The first kappa shape index (κ1) is 23.8. The van der Waals surface area contributed by atoms with Crippen LogP contribution in [0.5, 0.6) is 5.75 Å². The lowest BCUT2D eigenvalue weighted by atomic mass is 9.89. The van der Waals surface area contributed by atoms with Gasteiger partial charge in [0, 0.05) is 24.6 Å². The van der Waals surface area contributed by atoms with E-state index in [1.807, 2.05) is 56.4 Å². The predicted molar refractivity (Wildman–Crippen MR) is 127 cm³/mol. The van der Waals surface area contributed by atoms with Crippen LogP contribution in [0.1, 0.15) is 43.9 Å². The molecule has 7 nitrogen and oxygen atoms in total. The molecule has 5 N–H and O–H groups in total. The second kappa shape index (κ2) is 11.6. The minimum atomic E-state index is -0.612. The summed E-state index contributed by atoms with van der Waals surface area (Å²) in [5.74, 6) is 0.668. The van der Waals surface area contributed by atoms with Crippen LogP contribution in [-0.2, 0) is 11.3 Å². The molecule has 1 unspecified atom stereocenters. The molecule has 1 aromatic heterocycles. The molecule has 0 aliphatic carbocycles. The maximum absolute atomic E-state index is 12.2. The highest BCUT2D eigenvalue weighted by molar-refractivity contribution is 5.78. The van der Waals surface area contributed by atoms with Crippen molar-refractivity contribution >= 4 is 5.97 Å². The minimum Gasteiger partial charge on any atom is -0.425 e. The molecule has 1 aliphatic heterocycles. The van der Waals surface area contributed by atoms with Crippen LogP contribution in [0.2, 0.25) is 0 Å². The third-order valence-corrected chi connectivity index (χ3v) is 5.83. The zero-order valence-electron chi connectivity index (χ0n) is 19.0. The lowest BCUT2D eigenvalue weighted by Gasteiger charge is -2.32. The summed E-state index contributed by atoms with van der Waals surface area (Å²) in [4.78, 5) is 18.8. The summed E-state index contributed by atoms with van der Waals surface area (Å²) in [6.45, 7) is 7.17. The van der Waals surface area contributed by atoms with Crippen LogP contribution in [0.4, 0.5) is 0 Å². The van der Waals surface area contributed by atoms with Crippen molar-refractivity contribution in [2.24, 2.45) is 17.4 Å². The smallest absolute Gasteiger partial charge is 0.328 e.